The van der Waals surface area contributed by atoms with Crippen molar-refractivity contribution in [2.24, 2.45) is 4.99 Å². The zero-order chi connectivity index (χ0) is 27.7. The van der Waals surface area contributed by atoms with Crippen molar-refractivity contribution < 1.29 is 24.2 Å². The molecule has 198 valence electrons. The number of carbonyl (C=O) groups is 2. The van der Waals surface area contributed by atoms with Gasteiger partial charge in [-0.15, -0.1) is 0 Å². The van der Waals surface area contributed by atoms with E-state index < -0.39 is 5.97 Å². The van der Waals surface area contributed by atoms with Crippen molar-refractivity contribution in [1.82, 2.24) is 0 Å². The minimum Gasteiger partial charge on any atom is -0.489 e. The number of aliphatic imine (C=N–C) groups is 1. The minimum atomic E-state index is -0.833. The zero-order valence-electron chi connectivity index (χ0n) is 21.3. The van der Waals surface area contributed by atoms with Crippen LogP contribution in [0.5, 0.6) is 5.75 Å². The number of anilines is 1. The quantitative estimate of drug-likeness (QED) is 0.354. The molecule has 0 aromatic heterocycles. The lowest BCUT2D eigenvalue weighted by molar-refractivity contribution is -0.134. The van der Waals surface area contributed by atoms with Crippen LogP contribution in [0.2, 0.25) is 10.0 Å². The number of esters is 1. The summed E-state index contributed by atoms with van der Waals surface area (Å²) in [4.78, 5) is 27.5. The third-order valence-electron chi connectivity index (χ3n) is 5.53. The van der Waals surface area contributed by atoms with Gasteiger partial charge >= 0.3 is 5.97 Å². The Morgan fingerprint density at radius 2 is 1.74 bits per heavy atom. The van der Waals surface area contributed by atoms with Crippen molar-refractivity contribution in [3.8, 4) is 5.75 Å². The molecule has 1 aliphatic rings. The van der Waals surface area contributed by atoms with Crippen LogP contribution < -0.4 is 9.64 Å². The molecule has 3 aromatic rings. The van der Waals surface area contributed by atoms with Crippen molar-refractivity contribution in [1.29, 1.82) is 0 Å². The summed E-state index contributed by atoms with van der Waals surface area (Å²) in [6.45, 7) is 2.96. The average Bonchev–Trinajstić information content (AvgIpc) is 3.05. The Balaban J connectivity index is 0.000000934. The molecule has 0 aliphatic carbocycles. The molecule has 0 radical (unpaired) electrons. The largest absolute Gasteiger partial charge is 0.489 e. The SMILES string of the molecule is CC(=O)O.COC(=O)c1ccc(COc2ccc3c(c2)N(C)CCN=C3/C=C/c2ccc(Cl)c(Cl)c2)cc1. The molecule has 38 heavy (non-hydrogen) atoms. The minimum absolute atomic E-state index is 0.355. The molecular weight excluding hydrogens is 527 g/mol. The van der Waals surface area contributed by atoms with Gasteiger partial charge in [-0.25, -0.2) is 4.79 Å². The number of halogens is 2. The van der Waals surface area contributed by atoms with Gasteiger partial charge < -0.3 is 19.5 Å². The van der Waals surface area contributed by atoms with Crippen LogP contribution in [0.25, 0.3) is 6.08 Å². The number of carboxylic acid groups (broad SMARTS) is 1. The van der Waals surface area contributed by atoms with E-state index in [4.69, 9.17) is 47.6 Å². The van der Waals surface area contributed by atoms with Gasteiger partial charge in [0.1, 0.15) is 12.4 Å². The number of methoxy groups -OCH3 is 1. The first-order valence-corrected chi connectivity index (χ1v) is 12.5. The molecular formula is C29H28Cl2N2O5. The van der Waals surface area contributed by atoms with Crippen LogP contribution >= 0.6 is 23.2 Å². The highest BCUT2D eigenvalue weighted by molar-refractivity contribution is 6.42. The highest BCUT2D eigenvalue weighted by Crippen LogP contribution is 2.29. The number of ether oxygens (including phenoxy) is 2. The van der Waals surface area contributed by atoms with Crippen LogP contribution in [0.4, 0.5) is 5.69 Å². The standard InChI is InChI=1S/C27H24Cl2N2O3.C2H4O2/c1-31-14-13-30-25(12-6-18-5-11-23(28)24(29)15-18)22-10-9-21(16-26(22)31)34-17-19-3-7-20(8-4-19)27(32)33-2;1-2(3)4/h3-12,15-16H,13-14,17H2,1-2H3;1H3,(H,3,4)/b12-6+;. The number of benzodiazepines with no additional fused rings is 1. The normalized spacial score (nSPS) is 12.6. The van der Waals surface area contributed by atoms with E-state index in [2.05, 4.69) is 11.9 Å². The van der Waals surface area contributed by atoms with E-state index >= 15 is 0 Å². The van der Waals surface area contributed by atoms with Crippen LogP contribution in [-0.2, 0) is 16.1 Å². The molecule has 0 saturated heterocycles. The lowest BCUT2D eigenvalue weighted by Crippen LogP contribution is -2.20. The molecule has 0 fully saturated rings. The van der Waals surface area contributed by atoms with Crippen LogP contribution in [0.3, 0.4) is 0 Å². The second-order valence-electron chi connectivity index (χ2n) is 8.37. The average molecular weight is 555 g/mol. The molecule has 0 atom stereocenters. The summed E-state index contributed by atoms with van der Waals surface area (Å²) in [7, 11) is 3.42. The Hall–Kier alpha value is -3.81. The maximum atomic E-state index is 11.6. The number of carboxylic acids is 1. The summed E-state index contributed by atoms with van der Waals surface area (Å²) in [5.74, 6) is -0.427. The molecule has 9 heteroatoms. The van der Waals surface area contributed by atoms with Crippen LogP contribution in [-0.4, -0.2) is 50.0 Å². The van der Waals surface area contributed by atoms with E-state index in [1.807, 2.05) is 54.6 Å². The number of likely N-dealkylation sites (N-methyl/N-ethyl adjacent to an activating group) is 1. The van der Waals surface area contributed by atoms with Crippen molar-refractivity contribution in [3.63, 3.8) is 0 Å². The molecule has 0 saturated carbocycles. The second-order valence-corrected chi connectivity index (χ2v) is 9.18. The number of hydrogen-bond donors (Lipinski definition) is 1. The number of allylic oxidation sites excluding steroid dienone is 1. The summed E-state index contributed by atoms with van der Waals surface area (Å²) in [5, 5.41) is 8.47. The van der Waals surface area contributed by atoms with Gasteiger partial charge in [-0.05, 0) is 53.6 Å². The lowest BCUT2D eigenvalue weighted by Gasteiger charge is -2.20. The summed E-state index contributed by atoms with van der Waals surface area (Å²) in [6.07, 6.45) is 3.99. The highest BCUT2D eigenvalue weighted by Gasteiger charge is 2.16. The fourth-order valence-corrected chi connectivity index (χ4v) is 3.92. The summed E-state index contributed by atoms with van der Waals surface area (Å²) in [5.41, 5.74) is 5.41. The molecule has 3 aromatic carbocycles. The Labute approximate surface area is 231 Å². The Kier molecular flexibility index (Phi) is 10.3. The fraction of sp³-hybridized carbons (Fsp3) is 0.207. The van der Waals surface area contributed by atoms with Gasteiger partial charge in [-0.1, -0.05) is 47.5 Å². The van der Waals surface area contributed by atoms with Gasteiger partial charge in [-0.2, -0.15) is 0 Å². The molecule has 0 amide bonds. The molecule has 0 bridgehead atoms. The summed E-state index contributed by atoms with van der Waals surface area (Å²) >= 11 is 12.2. The monoisotopic (exact) mass is 554 g/mol. The van der Waals surface area contributed by atoms with Crippen molar-refractivity contribution >= 4 is 52.6 Å². The summed E-state index contributed by atoms with van der Waals surface area (Å²) in [6, 6.07) is 18.7. The lowest BCUT2D eigenvalue weighted by atomic mass is 10.0. The molecule has 4 rings (SSSR count). The number of hydrogen-bond acceptors (Lipinski definition) is 6. The van der Waals surface area contributed by atoms with Crippen molar-refractivity contribution in [2.75, 3.05) is 32.1 Å². The molecule has 1 heterocycles. The van der Waals surface area contributed by atoms with Gasteiger partial charge in [0.2, 0.25) is 0 Å². The zero-order valence-corrected chi connectivity index (χ0v) is 22.8. The van der Waals surface area contributed by atoms with Gasteiger partial charge in [0.25, 0.3) is 5.97 Å². The van der Waals surface area contributed by atoms with E-state index in [1.165, 1.54) is 7.11 Å². The van der Waals surface area contributed by atoms with Gasteiger partial charge in [0.15, 0.2) is 0 Å². The van der Waals surface area contributed by atoms with Crippen LogP contribution in [0.15, 0.2) is 71.7 Å². The number of fused-ring (bicyclic) bond motifs is 1. The van der Waals surface area contributed by atoms with Gasteiger partial charge in [-0.3, -0.25) is 9.79 Å². The predicted molar refractivity (Wildman–Crippen MR) is 152 cm³/mol. The molecule has 1 aliphatic heterocycles. The molecule has 0 unspecified atom stereocenters. The number of benzene rings is 3. The maximum Gasteiger partial charge on any atom is 0.337 e. The topological polar surface area (TPSA) is 88.4 Å². The number of aliphatic carboxylic acids is 1. The third kappa shape index (κ3) is 8.10. The van der Waals surface area contributed by atoms with Crippen LogP contribution in [0, 0.1) is 0 Å². The van der Waals surface area contributed by atoms with E-state index in [0.29, 0.717) is 28.8 Å². The van der Waals surface area contributed by atoms with E-state index in [9.17, 15) is 4.79 Å². The van der Waals surface area contributed by atoms with E-state index in [1.54, 1.807) is 18.2 Å². The first kappa shape index (κ1) is 28.8. The molecule has 7 nitrogen and oxygen atoms in total. The third-order valence-corrected chi connectivity index (χ3v) is 6.27. The smallest absolute Gasteiger partial charge is 0.337 e. The first-order valence-electron chi connectivity index (χ1n) is 11.7. The van der Waals surface area contributed by atoms with Crippen molar-refractivity contribution in [2.45, 2.75) is 13.5 Å². The Morgan fingerprint density at radius 3 is 2.39 bits per heavy atom. The maximum absolute atomic E-state index is 11.6. The Bertz CT molecular complexity index is 1350. The van der Waals surface area contributed by atoms with E-state index in [-0.39, 0.29) is 5.97 Å². The fourth-order valence-electron chi connectivity index (χ4n) is 3.61. The number of carbonyl (C=O) groups excluding carboxylic acids is 1. The molecule has 0 spiro atoms. The van der Waals surface area contributed by atoms with Gasteiger partial charge in [0, 0.05) is 37.8 Å². The van der Waals surface area contributed by atoms with Crippen LogP contribution in [0.1, 0.15) is 34.0 Å². The van der Waals surface area contributed by atoms with E-state index in [0.717, 1.165) is 47.3 Å². The predicted octanol–water partition coefficient (Wildman–Crippen LogP) is 6.40. The second kappa shape index (κ2) is 13.7. The number of rotatable bonds is 6. The van der Waals surface area contributed by atoms with Crippen molar-refractivity contribution in [3.05, 3.63) is 99.0 Å². The first-order chi connectivity index (χ1) is 18.2. The number of nitrogens with zero attached hydrogens (tertiary/aromatic N) is 2. The summed E-state index contributed by atoms with van der Waals surface area (Å²) < 4.78 is 10.8. The highest BCUT2D eigenvalue weighted by atomic mass is 35.5. The Morgan fingerprint density at radius 1 is 1.03 bits per heavy atom. The molecule has 1 N–H and O–H groups in total. The van der Waals surface area contributed by atoms with Gasteiger partial charge in [0.05, 0.1) is 35.0 Å².